The average Bonchev–Trinajstić information content (AvgIpc) is 2.58. The predicted molar refractivity (Wildman–Crippen MR) is 94.7 cm³/mol. The molecule has 0 bridgehead atoms. The van der Waals surface area contributed by atoms with E-state index in [1.165, 1.54) is 38.2 Å². The molecule has 9 nitrogen and oxygen atoms in total. The lowest BCUT2D eigenvalue weighted by atomic mass is 9.85. The second-order valence-electron chi connectivity index (χ2n) is 5.76. The SMILES string of the molecule is CNC(=O)C1=C(CO)NC(C)=C(S(C)(=O)=O)C1c1ccccc1[N+](=O)[O-]. The molecular formula is C16H19N3O6S. The third-order valence-corrected chi connectivity index (χ3v) is 5.40. The first-order chi connectivity index (χ1) is 12.1. The number of hydrogen-bond acceptors (Lipinski definition) is 7. The van der Waals surface area contributed by atoms with Crippen molar-refractivity contribution in [2.75, 3.05) is 19.9 Å². The maximum absolute atomic E-state index is 12.5. The van der Waals surface area contributed by atoms with E-state index in [-0.39, 0.29) is 33.1 Å². The molecule has 1 aromatic rings. The van der Waals surface area contributed by atoms with E-state index >= 15 is 0 Å². The number of amides is 1. The van der Waals surface area contributed by atoms with Gasteiger partial charge in [-0.25, -0.2) is 8.42 Å². The van der Waals surface area contributed by atoms with E-state index in [0.717, 1.165) is 6.26 Å². The van der Waals surface area contributed by atoms with Gasteiger partial charge in [0.15, 0.2) is 9.84 Å². The summed E-state index contributed by atoms with van der Waals surface area (Å²) < 4.78 is 24.9. The molecule has 1 heterocycles. The summed E-state index contributed by atoms with van der Waals surface area (Å²) in [6, 6.07) is 5.63. The highest BCUT2D eigenvalue weighted by Crippen LogP contribution is 2.43. The molecule has 0 aliphatic carbocycles. The molecule has 0 saturated carbocycles. The number of nitro groups is 1. The minimum Gasteiger partial charge on any atom is -0.390 e. The Morgan fingerprint density at radius 2 is 2.00 bits per heavy atom. The Balaban J connectivity index is 2.91. The van der Waals surface area contributed by atoms with Crippen molar-refractivity contribution < 1.29 is 23.2 Å². The van der Waals surface area contributed by atoms with Crippen LogP contribution in [-0.4, -0.2) is 44.3 Å². The number of para-hydroxylation sites is 1. The largest absolute Gasteiger partial charge is 0.390 e. The van der Waals surface area contributed by atoms with Crippen molar-refractivity contribution in [2.45, 2.75) is 12.8 Å². The number of carbonyl (C=O) groups is 1. The summed E-state index contributed by atoms with van der Waals surface area (Å²) in [5, 5.41) is 26.2. The molecule has 1 unspecified atom stereocenters. The summed E-state index contributed by atoms with van der Waals surface area (Å²) in [6.07, 6.45) is 0.973. The first kappa shape index (κ1) is 19.6. The van der Waals surface area contributed by atoms with Crippen LogP contribution in [0.4, 0.5) is 5.69 Å². The minimum atomic E-state index is -3.82. The second-order valence-corrected chi connectivity index (χ2v) is 7.75. The average molecular weight is 381 g/mol. The van der Waals surface area contributed by atoms with Gasteiger partial charge in [-0.2, -0.15) is 0 Å². The van der Waals surface area contributed by atoms with Crippen molar-refractivity contribution in [1.29, 1.82) is 0 Å². The van der Waals surface area contributed by atoms with Crippen LogP contribution in [-0.2, 0) is 14.6 Å². The van der Waals surface area contributed by atoms with Gasteiger partial charge in [-0.3, -0.25) is 14.9 Å². The quantitative estimate of drug-likeness (QED) is 0.500. The van der Waals surface area contributed by atoms with E-state index in [9.17, 15) is 28.4 Å². The number of nitrogens with one attached hydrogen (secondary N) is 2. The van der Waals surface area contributed by atoms with Gasteiger partial charge in [-0.15, -0.1) is 0 Å². The van der Waals surface area contributed by atoms with Crippen molar-refractivity contribution in [3.63, 3.8) is 0 Å². The van der Waals surface area contributed by atoms with Gasteiger partial charge in [0.1, 0.15) is 0 Å². The summed E-state index contributed by atoms with van der Waals surface area (Å²) in [5.41, 5.74) is -0.0320. The standard InChI is InChI=1S/C16H19N3O6S/c1-9-15(26(3,24)25)13(10-6-4-5-7-12(10)19(22)23)14(16(21)17-2)11(8-20)18-9/h4-7,13,18,20H,8H2,1-3H3,(H,17,21). The number of dihydropyridines is 1. The number of aliphatic hydroxyl groups is 1. The number of aliphatic hydroxyl groups excluding tert-OH is 1. The Labute approximate surface area is 150 Å². The number of allylic oxidation sites excluding steroid dienone is 2. The number of carbonyl (C=O) groups excluding carboxylic acids is 1. The zero-order valence-corrected chi connectivity index (χ0v) is 15.3. The van der Waals surface area contributed by atoms with E-state index in [2.05, 4.69) is 10.6 Å². The Bertz CT molecular complexity index is 933. The lowest BCUT2D eigenvalue weighted by Gasteiger charge is -2.31. The highest BCUT2D eigenvalue weighted by atomic mass is 32.2. The van der Waals surface area contributed by atoms with Crippen LogP contribution in [0, 0.1) is 10.1 Å². The number of sulfone groups is 1. The lowest BCUT2D eigenvalue weighted by molar-refractivity contribution is -0.385. The summed E-state index contributed by atoms with van der Waals surface area (Å²) >= 11 is 0. The molecule has 1 amide bonds. The van der Waals surface area contributed by atoms with Crippen LogP contribution in [0.25, 0.3) is 0 Å². The Hall–Kier alpha value is -2.72. The molecule has 0 radical (unpaired) electrons. The Kier molecular flexibility index (Phi) is 5.47. The van der Waals surface area contributed by atoms with E-state index < -0.39 is 33.2 Å². The van der Waals surface area contributed by atoms with Crippen molar-refractivity contribution in [3.05, 3.63) is 61.8 Å². The molecule has 0 fully saturated rings. The van der Waals surface area contributed by atoms with Gasteiger partial charge >= 0.3 is 0 Å². The number of likely N-dealkylation sites (N-methyl/N-ethyl adjacent to an activating group) is 1. The predicted octanol–water partition coefficient (Wildman–Crippen LogP) is 0.550. The maximum Gasteiger partial charge on any atom is 0.273 e. The highest BCUT2D eigenvalue weighted by Gasteiger charge is 2.40. The molecule has 140 valence electrons. The molecule has 1 aliphatic rings. The van der Waals surface area contributed by atoms with Gasteiger partial charge in [-0.05, 0) is 6.92 Å². The van der Waals surface area contributed by atoms with Crippen LogP contribution in [0.5, 0.6) is 0 Å². The molecule has 0 aromatic heterocycles. The van der Waals surface area contributed by atoms with E-state index in [0.29, 0.717) is 0 Å². The van der Waals surface area contributed by atoms with Crippen molar-refractivity contribution >= 4 is 21.4 Å². The third kappa shape index (κ3) is 3.46. The minimum absolute atomic E-state index is 0.0586. The molecule has 26 heavy (non-hydrogen) atoms. The fraction of sp³-hybridized carbons (Fsp3) is 0.312. The van der Waals surface area contributed by atoms with Crippen molar-refractivity contribution in [3.8, 4) is 0 Å². The molecule has 0 spiro atoms. The van der Waals surface area contributed by atoms with Crippen LogP contribution in [0.15, 0.2) is 46.1 Å². The first-order valence-corrected chi connectivity index (χ1v) is 9.49. The van der Waals surface area contributed by atoms with Gasteiger partial charge < -0.3 is 15.7 Å². The van der Waals surface area contributed by atoms with Crippen molar-refractivity contribution in [2.24, 2.45) is 0 Å². The maximum atomic E-state index is 12.5. The molecule has 1 aromatic carbocycles. The fourth-order valence-corrected chi connectivity index (χ4v) is 4.37. The van der Waals surface area contributed by atoms with Gasteiger partial charge in [-0.1, -0.05) is 18.2 Å². The molecule has 1 aliphatic heterocycles. The monoisotopic (exact) mass is 381 g/mol. The fourth-order valence-electron chi connectivity index (χ4n) is 3.09. The number of hydrogen-bond donors (Lipinski definition) is 3. The van der Waals surface area contributed by atoms with Crippen molar-refractivity contribution in [1.82, 2.24) is 10.6 Å². The lowest BCUT2D eigenvalue weighted by Crippen LogP contribution is -2.36. The third-order valence-electron chi connectivity index (χ3n) is 4.06. The summed E-state index contributed by atoms with van der Waals surface area (Å²) in [4.78, 5) is 23.1. The Morgan fingerprint density at radius 1 is 1.38 bits per heavy atom. The normalized spacial score (nSPS) is 17.8. The van der Waals surface area contributed by atoms with Crippen LogP contribution in [0.1, 0.15) is 18.4 Å². The van der Waals surface area contributed by atoms with Crippen LogP contribution in [0.3, 0.4) is 0 Å². The molecule has 2 rings (SSSR count). The molecule has 10 heteroatoms. The smallest absolute Gasteiger partial charge is 0.273 e. The number of nitro benzene ring substituents is 1. The van der Waals surface area contributed by atoms with Gasteiger partial charge in [0.25, 0.3) is 5.69 Å². The van der Waals surface area contributed by atoms with E-state index in [4.69, 9.17) is 0 Å². The summed E-state index contributed by atoms with van der Waals surface area (Å²) in [5.74, 6) is -1.85. The van der Waals surface area contributed by atoms with Crippen LogP contribution >= 0.6 is 0 Å². The van der Waals surface area contributed by atoms with Crippen LogP contribution < -0.4 is 10.6 Å². The van der Waals surface area contributed by atoms with Gasteiger partial charge in [0.2, 0.25) is 5.91 Å². The number of benzene rings is 1. The number of rotatable bonds is 5. The van der Waals surface area contributed by atoms with E-state index in [1.807, 2.05) is 0 Å². The summed E-state index contributed by atoms with van der Waals surface area (Å²) in [7, 11) is -2.47. The van der Waals surface area contributed by atoms with Gasteiger partial charge in [0, 0.05) is 30.6 Å². The zero-order valence-electron chi connectivity index (χ0n) is 14.4. The Morgan fingerprint density at radius 3 is 2.50 bits per heavy atom. The summed E-state index contributed by atoms with van der Waals surface area (Å²) in [6.45, 7) is 0.919. The molecular weight excluding hydrogens is 362 g/mol. The molecule has 1 atom stereocenters. The molecule has 3 N–H and O–H groups in total. The zero-order chi connectivity index (χ0) is 19.6. The first-order valence-electron chi connectivity index (χ1n) is 7.60. The van der Waals surface area contributed by atoms with Crippen LogP contribution in [0.2, 0.25) is 0 Å². The highest BCUT2D eigenvalue weighted by molar-refractivity contribution is 7.94. The number of nitrogens with zero attached hydrogens (tertiary/aromatic N) is 1. The topological polar surface area (TPSA) is 139 Å². The van der Waals surface area contributed by atoms with E-state index in [1.54, 1.807) is 0 Å². The molecule has 0 saturated heterocycles. The van der Waals surface area contributed by atoms with Gasteiger partial charge in [0.05, 0.1) is 33.6 Å². The second kappa shape index (κ2) is 7.26.